The van der Waals surface area contributed by atoms with E-state index < -0.39 is 0 Å². The summed E-state index contributed by atoms with van der Waals surface area (Å²) in [7, 11) is 2.23. The highest BCUT2D eigenvalue weighted by Gasteiger charge is 2.28. The monoisotopic (exact) mass is 266 g/mol. The zero-order chi connectivity index (χ0) is 13.7. The largest absolute Gasteiger partial charge is 0.357 e. The Bertz CT molecular complexity index is 293. The van der Waals surface area contributed by atoms with Gasteiger partial charge in [-0.05, 0) is 46.6 Å². The molecule has 2 saturated carbocycles. The number of guanidine groups is 1. The first-order valence-electron chi connectivity index (χ1n) is 7.97. The van der Waals surface area contributed by atoms with E-state index in [9.17, 15) is 0 Å². The molecule has 110 valence electrons. The first-order chi connectivity index (χ1) is 9.20. The lowest BCUT2D eigenvalue weighted by Gasteiger charge is -2.24. The van der Waals surface area contributed by atoms with Gasteiger partial charge >= 0.3 is 0 Å². The minimum Gasteiger partial charge on any atom is -0.357 e. The summed E-state index contributed by atoms with van der Waals surface area (Å²) in [5, 5.41) is 6.95. The van der Waals surface area contributed by atoms with E-state index in [4.69, 9.17) is 4.99 Å². The van der Waals surface area contributed by atoms with Gasteiger partial charge in [0.05, 0.1) is 6.54 Å². The highest BCUT2D eigenvalue weighted by molar-refractivity contribution is 5.80. The molecule has 1 atom stereocenters. The summed E-state index contributed by atoms with van der Waals surface area (Å²) in [6.07, 6.45) is 8.04. The fourth-order valence-electron chi connectivity index (χ4n) is 2.78. The van der Waals surface area contributed by atoms with Gasteiger partial charge in [-0.15, -0.1) is 0 Å². The molecule has 0 radical (unpaired) electrons. The molecule has 0 aliphatic heterocycles. The van der Waals surface area contributed by atoms with E-state index in [1.165, 1.54) is 38.5 Å². The van der Waals surface area contributed by atoms with Crippen LogP contribution < -0.4 is 10.6 Å². The van der Waals surface area contributed by atoms with E-state index in [0.29, 0.717) is 12.1 Å². The molecule has 0 amide bonds. The normalized spacial score (nSPS) is 22.8. The highest BCUT2D eigenvalue weighted by atomic mass is 15.2. The van der Waals surface area contributed by atoms with Crippen LogP contribution in [0, 0.1) is 0 Å². The van der Waals surface area contributed by atoms with Gasteiger partial charge in [-0.25, -0.2) is 0 Å². The van der Waals surface area contributed by atoms with Crippen molar-refractivity contribution >= 4 is 5.96 Å². The molecule has 0 bridgehead atoms. The maximum absolute atomic E-state index is 4.76. The van der Waals surface area contributed by atoms with Crippen LogP contribution in [0.3, 0.4) is 0 Å². The third kappa shape index (κ3) is 4.68. The van der Waals surface area contributed by atoms with E-state index >= 15 is 0 Å². The van der Waals surface area contributed by atoms with Gasteiger partial charge in [0, 0.05) is 24.7 Å². The van der Waals surface area contributed by atoms with Crippen molar-refractivity contribution < 1.29 is 0 Å². The maximum atomic E-state index is 4.76. The number of hydrogen-bond donors (Lipinski definition) is 2. The van der Waals surface area contributed by atoms with Crippen molar-refractivity contribution in [3.8, 4) is 0 Å². The molecule has 2 aliphatic carbocycles. The van der Waals surface area contributed by atoms with E-state index in [1.807, 2.05) is 0 Å². The highest BCUT2D eigenvalue weighted by Crippen LogP contribution is 2.26. The van der Waals surface area contributed by atoms with Gasteiger partial charge in [-0.3, -0.25) is 9.89 Å². The number of nitrogens with one attached hydrogen (secondary N) is 2. The Kier molecular flexibility index (Phi) is 5.49. The van der Waals surface area contributed by atoms with Gasteiger partial charge in [0.1, 0.15) is 0 Å². The summed E-state index contributed by atoms with van der Waals surface area (Å²) in [5.74, 6) is 1.01. The SMILES string of the molecule is CCNC(=NCC(C)N(C)C1CC1)NC1CCCC1. The van der Waals surface area contributed by atoms with Crippen LogP contribution in [-0.2, 0) is 0 Å². The molecule has 19 heavy (non-hydrogen) atoms. The van der Waals surface area contributed by atoms with Crippen LogP contribution in [0.5, 0.6) is 0 Å². The molecule has 2 fully saturated rings. The summed E-state index contributed by atoms with van der Waals surface area (Å²) >= 11 is 0. The lowest BCUT2D eigenvalue weighted by molar-refractivity contribution is 0.253. The van der Waals surface area contributed by atoms with E-state index in [-0.39, 0.29) is 0 Å². The van der Waals surface area contributed by atoms with Gasteiger partial charge in [-0.1, -0.05) is 12.8 Å². The predicted molar refractivity (Wildman–Crippen MR) is 81.6 cm³/mol. The standard InChI is InChI=1S/C15H30N4/c1-4-16-15(18-13-7-5-6-8-13)17-11-12(2)19(3)14-9-10-14/h12-14H,4-11H2,1-3H3,(H2,16,17,18). The summed E-state index contributed by atoms with van der Waals surface area (Å²) in [6.45, 7) is 6.23. The summed E-state index contributed by atoms with van der Waals surface area (Å²) in [6, 6.07) is 1.98. The second-order valence-corrected chi connectivity index (χ2v) is 6.09. The van der Waals surface area contributed by atoms with Crippen LogP contribution in [-0.4, -0.2) is 49.1 Å². The molecular weight excluding hydrogens is 236 g/mol. The lowest BCUT2D eigenvalue weighted by Crippen LogP contribution is -2.43. The summed E-state index contributed by atoms with van der Waals surface area (Å²) in [5.41, 5.74) is 0. The molecule has 0 aromatic rings. The number of likely N-dealkylation sites (N-methyl/N-ethyl adjacent to an activating group) is 1. The molecule has 0 aromatic carbocycles. The van der Waals surface area contributed by atoms with Gasteiger partial charge in [0.15, 0.2) is 5.96 Å². The molecule has 2 N–H and O–H groups in total. The molecule has 1 unspecified atom stereocenters. The number of rotatable bonds is 6. The van der Waals surface area contributed by atoms with Crippen LogP contribution >= 0.6 is 0 Å². The third-order valence-electron chi connectivity index (χ3n) is 4.37. The van der Waals surface area contributed by atoms with Crippen molar-refractivity contribution in [2.75, 3.05) is 20.1 Å². The Morgan fingerprint density at radius 3 is 2.53 bits per heavy atom. The smallest absolute Gasteiger partial charge is 0.191 e. The quantitative estimate of drug-likeness (QED) is 0.570. The van der Waals surface area contributed by atoms with Crippen LogP contribution in [0.25, 0.3) is 0 Å². The summed E-state index contributed by atoms with van der Waals surface area (Å²) < 4.78 is 0. The van der Waals surface area contributed by atoms with Crippen molar-refractivity contribution in [1.82, 2.24) is 15.5 Å². The van der Waals surface area contributed by atoms with E-state index in [0.717, 1.165) is 25.1 Å². The first kappa shape index (κ1) is 14.6. The van der Waals surface area contributed by atoms with Gasteiger partial charge in [0.2, 0.25) is 0 Å². The average molecular weight is 266 g/mol. The fraction of sp³-hybridized carbons (Fsp3) is 0.933. The van der Waals surface area contributed by atoms with Crippen molar-refractivity contribution in [3.63, 3.8) is 0 Å². The molecular formula is C15H30N4. The predicted octanol–water partition coefficient (Wildman–Crippen LogP) is 1.97. The Balaban J connectivity index is 1.80. The van der Waals surface area contributed by atoms with Crippen molar-refractivity contribution in [3.05, 3.63) is 0 Å². The fourth-order valence-corrected chi connectivity index (χ4v) is 2.78. The molecule has 0 saturated heterocycles. The number of aliphatic imine (C=N–C) groups is 1. The minimum atomic E-state index is 0.534. The third-order valence-corrected chi connectivity index (χ3v) is 4.37. The van der Waals surface area contributed by atoms with Crippen LogP contribution in [0.4, 0.5) is 0 Å². The van der Waals surface area contributed by atoms with Gasteiger partial charge in [-0.2, -0.15) is 0 Å². The maximum Gasteiger partial charge on any atom is 0.191 e. The Morgan fingerprint density at radius 2 is 1.95 bits per heavy atom. The first-order valence-corrected chi connectivity index (χ1v) is 7.97. The topological polar surface area (TPSA) is 39.7 Å². The molecule has 0 spiro atoms. The van der Waals surface area contributed by atoms with Gasteiger partial charge in [0.25, 0.3) is 0 Å². The van der Waals surface area contributed by atoms with E-state index in [2.05, 4.69) is 36.4 Å². The lowest BCUT2D eigenvalue weighted by atomic mass is 10.2. The Hall–Kier alpha value is -0.770. The number of nitrogens with zero attached hydrogens (tertiary/aromatic N) is 2. The average Bonchev–Trinajstić information content (AvgIpc) is 3.13. The van der Waals surface area contributed by atoms with Gasteiger partial charge < -0.3 is 10.6 Å². The Morgan fingerprint density at radius 1 is 1.26 bits per heavy atom. The van der Waals surface area contributed by atoms with Crippen molar-refractivity contribution in [2.45, 2.75) is 70.5 Å². The van der Waals surface area contributed by atoms with Crippen molar-refractivity contribution in [2.24, 2.45) is 4.99 Å². The molecule has 2 rings (SSSR count). The van der Waals surface area contributed by atoms with Crippen LogP contribution in [0.15, 0.2) is 4.99 Å². The van der Waals surface area contributed by atoms with E-state index in [1.54, 1.807) is 0 Å². The minimum absolute atomic E-state index is 0.534. The zero-order valence-corrected chi connectivity index (χ0v) is 12.8. The summed E-state index contributed by atoms with van der Waals surface area (Å²) in [4.78, 5) is 7.24. The molecule has 0 heterocycles. The second-order valence-electron chi connectivity index (χ2n) is 6.09. The van der Waals surface area contributed by atoms with Crippen LogP contribution in [0.2, 0.25) is 0 Å². The second kappa shape index (κ2) is 7.13. The number of hydrogen-bond acceptors (Lipinski definition) is 2. The van der Waals surface area contributed by atoms with Crippen molar-refractivity contribution in [1.29, 1.82) is 0 Å². The van der Waals surface area contributed by atoms with Crippen LogP contribution in [0.1, 0.15) is 52.4 Å². The molecule has 4 nitrogen and oxygen atoms in total. The Labute approximate surface area is 118 Å². The molecule has 2 aliphatic rings. The molecule has 0 aromatic heterocycles. The zero-order valence-electron chi connectivity index (χ0n) is 12.8. The molecule has 4 heteroatoms.